The third-order valence-electron chi connectivity index (χ3n) is 2.27. The van der Waals surface area contributed by atoms with E-state index >= 15 is 0 Å². The molecule has 3 nitrogen and oxygen atoms in total. The second-order valence-electron chi connectivity index (χ2n) is 3.48. The Hall–Kier alpha value is -1.26. The minimum absolute atomic E-state index is 0.456. The van der Waals surface area contributed by atoms with Crippen molar-refractivity contribution in [1.29, 1.82) is 0 Å². The topological polar surface area (TPSA) is 34.1 Å². The maximum atomic E-state index is 5.70. The van der Waals surface area contributed by atoms with Crippen LogP contribution in [0.25, 0.3) is 0 Å². The minimum atomic E-state index is 0.456. The highest BCUT2D eigenvalue weighted by molar-refractivity contribution is 7.13. The number of nitrogens with one attached hydrogen (secondary N) is 1. The molecule has 0 amide bonds. The molecule has 0 atom stereocenters. The van der Waals surface area contributed by atoms with Crippen LogP contribution in [0.5, 0.6) is 5.75 Å². The molecule has 1 aromatic carbocycles. The van der Waals surface area contributed by atoms with Crippen LogP contribution in [0, 0.1) is 0 Å². The average Bonchev–Trinajstić information content (AvgIpc) is 2.84. The van der Waals surface area contributed by atoms with Crippen molar-refractivity contribution in [3.8, 4) is 5.75 Å². The van der Waals surface area contributed by atoms with E-state index in [1.165, 1.54) is 0 Å². The Morgan fingerprint density at radius 3 is 3.06 bits per heavy atom. The van der Waals surface area contributed by atoms with Gasteiger partial charge in [0.05, 0.1) is 18.7 Å². The van der Waals surface area contributed by atoms with Gasteiger partial charge in [-0.05, 0) is 17.7 Å². The van der Waals surface area contributed by atoms with Crippen molar-refractivity contribution in [2.24, 2.45) is 0 Å². The van der Waals surface area contributed by atoms with E-state index in [1.54, 1.807) is 18.4 Å². The Kier molecular flexibility index (Phi) is 4.23. The normalized spacial score (nSPS) is 10.2. The Bertz CT molecular complexity index is 487. The first-order valence-electron chi connectivity index (χ1n) is 5.19. The van der Waals surface area contributed by atoms with E-state index in [2.05, 4.69) is 10.3 Å². The van der Waals surface area contributed by atoms with Gasteiger partial charge in [0, 0.05) is 11.9 Å². The van der Waals surface area contributed by atoms with Crippen molar-refractivity contribution >= 4 is 28.1 Å². The van der Waals surface area contributed by atoms with E-state index < -0.39 is 0 Å². The van der Waals surface area contributed by atoms with Crippen molar-refractivity contribution in [1.82, 2.24) is 4.98 Å². The number of thiazole rings is 1. The van der Waals surface area contributed by atoms with Gasteiger partial charge in [-0.1, -0.05) is 12.1 Å². The van der Waals surface area contributed by atoms with Crippen molar-refractivity contribution in [3.63, 3.8) is 0 Å². The number of rotatable bonds is 5. The number of nitrogens with zero attached hydrogens (tertiary/aromatic N) is 1. The predicted molar refractivity (Wildman–Crippen MR) is 72.0 cm³/mol. The van der Waals surface area contributed by atoms with Crippen LogP contribution in [-0.4, -0.2) is 12.1 Å². The summed E-state index contributed by atoms with van der Waals surface area (Å²) in [5, 5.41) is 6.11. The number of hydrogen-bond acceptors (Lipinski definition) is 4. The molecule has 1 heterocycles. The largest absolute Gasteiger partial charge is 0.497 e. The molecule has 0 aliphatic heterocycles. The van der Waals surface area contributed by atoms with E-state index in [4.69, 9.17) is 16.3 Å². The summed E-state index contributed by atoms with van der Waals surface area (Å²) in [5.41, 5.74) is 2.07. The molecule has 5 heteroatoms. The van der Waals surface area contributed by atoms with Gasteiger partial charge in [0.2, 0.25) is 0 Å². The molecule has 0 saturated heterocycles. The smallest absolute Gasteiger partial charge is 0.183 e. The molecule has 0 aliphatic rings. The molecule has 0 radical (unpaired) electrons. The van der Waals surface area contributed by atoms with Crippen LogP contribution < -0.4 is 10.1 Å². The number of anilines is 1. The van der Waals surface area contributed by atoms with Gasteiger partial charge in [0.1, 0.15) is 5.75 Å². The first kappa shape index (κ1) is 12.2. The minimum Gasteiger partial charge on any atom is -0.497 e. The van der Waals surface area contributed by atoms with Crippen LogP contribution >= 0.6 is 22.9 Å². The number of halogens is 1. The second kappa shape index (κ2) is 5.89. The monoisotopic (exact) mass is 268 g/mol. The summed E-state index contributed by atoms with van der Waals surface area (Å²) in [4.78, 5) is 4.33. The fourth-order valence-corrected chi connectivity index (χ4v) is 2.35. The van der Waals surface area contributed by atoms with E-state index in [0.717, 1.165) is 28.7 Å². The van der Waals surface area contributed by atoms with Gasteiger partial charge >= 0.3 is 0 Å². The first-order chi connectivity index (χ1) is 8.31. The van der Waals surface area contributed by atoms with Crippen LogP contribution in [0.1, 0.15) is 11.3 Å². The summed E-state index contributed by atoms with van der Waals surface area (Å²) >= 11 is 7.26. The standard InChI is InChI=1S/C12H13ClN2OS/c1-16-11-4-2-3-9(5-11)7-14-12-15-10(6-13)8-17-12/h2-5,8H,6-7H2,1H3,(H,14,15). The number of alkyl halides is 1. The van der Waals surface area contributed by atoms with Gasteiger partial charge in [-0.2, -0.15) is 0 Å². The molecule has 1 aromatic heterocycles. The fraction of sp³-hybridized carbons (Fsp3) is 0.250. The molecule has 2 aromatic rings. The second-order valence-corrected chi connectivity index (χ2v) is 4.61. The SMILES string of the molecule is COc1cccc(CNc2nc(CCl)cs2)c1. The van der Waals surface area contributed by atoms with Crippen molar-refractivity contribution in [3.05, 3.63) is 40.9 Å². The van der Waals surface area contributed by atoms with Gasteiger partial charge in [0.25, 0.3) is 0 Å². The van der Waals surface area contributed by atoms with Gasteiger partial charge in [-0.15, -0.1) is 22.9 Å². The Morgan fingerprint density at radius 2 is 2.35 bits per heavy atom. The maximum Gasteiger partial charge on any atom is 0.183 e. The molecule has 0 unspecified atom stereocenters. The zero-order valence-corrected chi connectivity index (χ0v) is 11.0. The molecule has 17 heavy (non-hydrogen) atoms. The molecule has 0 bridgehead atoms. The molecule has 0 fully saturated rings. The zero-order chi connectivity index (χ0) is 12.1. The molecule has 0 saturated carbocycles. The lowest BCUT2D eigenvalue weighted by atomic mass is 10.2. The Balaban J connectivity index is 1.96. The summed E-state index contributed by atoms with van der Waals surface area (Å²) in [5.74, 6) is 1.32. The Labute approximate surface area is 109 Å². The molecule has 2 rings (SSSR count). The molecular weight excluding hydrogens is 256 g/mol. The molecule has 0 spiro atoms. The third-order valence-corrected chi connectivity index (χ3v) is 3.39. The highest BCUT2D eigenvalue weighted by atomic mass is 35.5. The van der Waals surface area contributed by atoms with Crippen LogP contribution in [0.2, 0.25) is 0 Å². The lowest BCUT2D eigenvalue weighted by Gasteiger charge is -2.05. The van der Waals surface area contributed by atoms with Gasteiger partial charge in [-0.3, -0.25) is 0 Å². The van der Waals surface area contributed by atoms with Crippen molar-refractivity contribution < 1.29 is 4.74 Å². The molecule has 1 N–H and O–H groups in total. The lowest BCUT2D eigenvalue weighted by molar-refractivity contribution is 0.414. The summed E-state index contributed by atoms with van der Waals surface area (Å²) in [6.45, 7) is 0.729. The molecule has 0 aliphatic carbocycles. The van der Waals surface area contributed by atoms with E-state index in [-0.39, 0.29) is 0 Å². The number of benzene rings is 1. The number of methoxy groups -OCH3 is 1. The first-order valence-corrected chi connectivity index (χ1v) is 6.60. The summed E-state index contributed by atoms with van der Waals surface area (Å²) in [7, 11) is 1.67. The van der Waals surface area contributed by atoms with Gasteiger partial charge in [-0.25, -0.2) is 4.98 Å². The van der Waals surface area contributed by atoms with Gasteiger partial charge in [0.15, 0.2) is 5.13 Å². The number of hydrogen-bond donors (Lipinski definition) is 1. The van der Waals surface area contributed by atoms with E-state index in [1.807, 2.05) is 29.6 Å². The predicted octanol–water partition coefficient (Wildman–Crippen LogP) is 3.50. The number of ether oxygens (including phenoxy) is 1. The van der Waals surface area contributed by atoms with Gasteiger partial charge < -0.3 is 10.1 Å². The zero-order valence-electron chi connectivity index (χ0n) is 9.44. The van der Waals surface area contributed by atoms with E-state index in [0.29, 0.717) is 5.88 Å². The summed E-state index contributed by atoms with van der Waals surface area (Å²) in [6, 6.07) is 7.95. The van der Waals surface area contributed by atoms with Crippen molar-refractivity contribution in [2.45, 2.75) is 12.4 Å². The quantitative estimate of drug-likeness (QED) is 0.843. The Morgan fingerprint density at radius 1 is 1.47 bits per heavy atom. The molecule has 90 valence electrons. The van der Waals surface area contributed by atoms with Crippen LogP contribution in [-0.2, 0) is 12.4 Å². The molecular formula is C12H13ClN2OS. The van der Waals surface area contributed by atoms with E-state index in [9.17, 15) is 0 Å². The summed E-state index contributed by atoms with van der Waals surface area (Å²) < 4.78 is 5.17. The maximum absolute atomic E-state index is 5.70. The fourth-order valence-electron chi connectivity index (χ4n) is 1.41. The van der Waals surface area contributed by atoms with Crippen LogP contribution in [0.4, 0.5) is 5.13 Å². The van der Waals surface area contributed by atoms with Crippen LogP contribution in [0.3, 0.4) is 0 Å². The third kappa shape index (κ3) is 3.35. The van der Waals surface area contributed by atoms with Crippen LogP contribution in [0.15, 0.2) is 29.6 Å². The summed E-state index contributed by atoms with van der Waals surface area (Å²) in [6.07, 6.45) is 0. The highest BCUT2D eigenvalue weighted by Gasteiger charge is 2.01. The number of aromatic nitrogens is 1. The van der Waals surface area contributed by atoms with Crippen molar-refractivity contribution in [2.75, 3.05) is 12.4 Å². The lowest BCUT2D eigenvalue weighted by Crippen LogP contribution is -1.99. The highest BCUT2D eigenvalue weighted by Crippen LogP contribution is 2.18. The average molecular weight is 269 g/mol.